The molecular formula is C19H31NO. The fraction of sp³-hybridized carbons (Fsp3) is 0.684. The molecule has 1 aliphatic carbocycles. The standard InChI is InChI=1S/C19H31NO/c1-13-7-6-8-16(9-13)18(15(3)20)21-17-10-14(2)11-19(4,5)12-17/h6-9,14-15,17-18H,10-12,20H2,1-5H3. The van der Waals surface area contributed by atoms with E-state index in [1.807, 2.05) is 6.92 Å². The molecule has 4 atom stereocenters. The number of nitrogens with two attached hydrogens (primary N) is 1. The third-order valence-electron chi connectivity index (χ3n) is 4.53. The predicted molar refractivity (Wildman–Crippen MR) is 89.2 cm³/mol. The average Bonchev–Trinajstić information content (AvgIpc) is 2.33. The minimum atomic E-state index is -0.00370. The number of aryl methyl sites for hydroxylation is 1. The molecule has 2 nitrogen and oxygen atoms in total. The van der Waals surface area contributed by atoms with Crippen molar-refractivity contribution in [3.63, 3.8) is 0 Å². The van der Waals surface area contributed by atoms with Gasteiger partial charge in [0.15, 0.2) is 0 Å². The molecule has 0 bridgehead atoms. The summed E-state index contributed by atoms with van der Waals surface area (Å²) in [5, 5.41) is 0. The molecule has 1 aromatic rings. The second kappa shape index (κ2) is 6.50. The first kappa shape index (κ1) is 16.5. The fourth-order valence-corrected chi connectivity index (χ4v) is 3.92. The fourth-order valence-electron chi connectivity index (χ4n) is 3.92. The molecule has 2 rings (SSSR count). The molecule has 0 amide bonds. The Kier molecular flexibility index (Phi) is 5.11. The lowest BCUT2D eigenvalue weighted by atomic mass is 9.71. The normalized spacial score (nSPS) is 28.1. The molecule has 1 aromatic carbocycles. The van der Waals surface area contributed by atoms with Crippen LogP contribution in [0.3, 0.4) is 0 Å². The van der Waals surface area contributed by atoms with Crippen LogP contribution >= 0.6 is 0 Å². The summed E-state index contributed by atoms with van der Waals surface area (Å²) >= 11 is 0. The lowest BCUT2D eigenvalue weighted by Crippen LogP contribution is -2.37. The van der Waals surface area contributed by atoms with Crippen LogP contribution in [0.1, 0.15) is 64.2 Å². The highest BCUT2D eigenvalue weighted by Gasteiger charge is 2.34. The van der Waals surface area contributed by atoms with Crippen molar-refractivity contribution in [1.29, 1.82) is 0 Å². The van der Waals surface area contributed by atoms with Crippen molar-refractivity contribution < 1.29 is 4.74 Å². The third-order valence-corrected chi connectivity index (χ3v) is 4.53. The van der Waals surface area contributed by atoms with Crippen LogP contribution in [0.15, 0.2) is 24.3 Å². The average molecular weight is 289 g/mol. The predicted octanol–water partition coefficient (Wildman–Crippen LogP) is 4.61. The van der Waals surface area contributed by atoms with E-state index in [0.29, 0.717) is 11.5 Å². The highest BCUT2D eigenvalue weighted by molar-refractivity contribution is 5.25. The Hall–Kier alpha value is -0.860. The largest absolute Gasteiger partial charge is 0.369 e. The summed E-state index contributed by atoms with van der Waals surface area (Å²) in [6.45, 7) is 11.2. The molecule has 0 spiro atoms. The van der Waals surface area contributed by atoms with Gasteiger partial charge in [0.25, 0.3) is 0 Å². The van der Waals surface area contributed by atoms with Crippen molar-refractivity contribution >= 4 is 0 Å². The Balaban J connectivity index is 2.13. The number of rotatable bonds is 4. The maximum atomic E-state index is 6.47. The minimum Gasteiger partial charge on any atom is -0.369 e. The van der Waals surface area contributed by atoms with Crippen molar-refractivity contribution in [3.05, 3.63) is 35.4 Å². The van der Waals surface area contributed by atoms with Gasteiger partial charge >= 0.3 is 0 Å². The molecule has 1 aliphatic rings. The first-order chi connectivity index (χ1) is 9.77. The highest BCUT2D eigenvalue weighted by Crippen LogP contribution is 2.41. The van der Waals surface area contributed by atoms with Gasteiger partial charge in [0.1, 0.15) is 0 Å². The van der Waals surface area contributed by atoms with Crippen LogP contribution in [0.4, 0.5) is 0 Å². The van der Waals surface area contributed by atoms with Crippen LogP contribution in [0, 0.1) is 18.3 Å². The molecule has 0 radical (unpaired) electrons. The molecule has 1 saturated carbocycles. The van der Waals surface area contributed by atoms with Crippen molar-refractivity contribution in [2.45, 2.75) is 72.1 Å². The quantitative estimate of drug-likeness (QED) is 0.878. The molecule has 0 aliphatic heterocycles. The lowest BCUT2D eigenvalue weighted by Gasteiger charge is -2.40. The number of ether oxygens (including phenoxy) is 1. The number of benzene rings is 1. The Morgan fingerprint density at radius 3 is 2.57 bits per heavy atom. The maximum absolute atomic E-state index is 6.47. The third kappa shape index (κ3) is 4.55. The van der Waals surface area contributed by atoms with E-state index in [9.17, 15) is 0 Å². The van der Waals surface area contributed by atoms with Crippen molar-refractivity contribution in [3.8, 4) is 0 Å². The molecule has 0 heterocycles. The van der Waals surface area contributed by atoms with Crippen LogP contribution in [0.5, 0.6) is 0 Å². The molecule has 1 fully saturated rings. The molecule has 0 aromatic heterocycles. The van der Waals surface area contributed by atoms with E-state index in [2.05, 4.69) is 52.0 Å². The van der Waals surface area contributed by atoms with Crippen molar-refractivity contribution in [2.75, 3.05) is 0 Å². The molecule has 0 saturated heterocycles. The zero-order chi connectivity index (χ0) is 15.6. The highest BCUT2D eigenvalue weighted by atomic mass is 16.5. The smallest absolute Gasteiger partial charge is 0.0976 e. The van der Waals surface area contributed by atoms with Gasteiger partial charge in [0.05, 0.1) is 12.2 Å². The minimum absolute atomic E-state index is 0.00370. The van der Waals surface area contributed by atoms with E-state index in [0.717, 1.165) is 18.8 Å². The second-order valence-electron chi connectivity index (χ2n) is 7.87. The summed E-state index contributed by atoms with van der Waals surface area (Å²) in [4.78, 5) is 0. The molecule has 21 heavy (non-hydrogen) atoms. The van der Waals surface area contributed by atoms with Crippen molar-refractivity contribution in [1.82, 2.24) is 0 Å². The zero-order valence-electron chi connectivity index (χ0n) is 14.2. The van der Waals surface area contributed by atoms with Gasteiger partial charge in [0.2, 0.25) is 0 Å². The molecule has 118 valence electrons. The van der Waals surface area contributed by atoms with E-state index in [-0.39, 0.29) is 12.1 Å². The van der Waals surface area contributed by atoms with Crippen LogP contribution in [0.25, 0.3) is 0 Å². The summed E-state index contributed by atoms with van der Waals surface area (Å²) in [5.74, 6) is 0.727. The van der Waals surface area contributed by atoms with Gasteiger partial charge < -0.3 is 10.5 Å². The summed E-state index contributed by atoms with van der Waals surface area (Å²) in [6, 6.07) is 8.56. The first-order valence-corrected chi connectivity index (χ1v) is 8.24. The summed E-state index contributed by atoms with van der Waals surface area (Å²) in [7, 11) is 0. The van der Waals surface area contributed by atoms with Crippen LogP contribution in [-0.2, 0) is 4.74 Å². The Bertz CT molecular complexity index is 466. The van der Waals surface area contributed by atoms with Gasteiger partial charge in [0, 0.05) is 6.04 Å². The Morgan fingerprint density at radius 2 is 2.00 bits per heavy atom. The number of hydrogen-bond acceptors (Lipinski definition) is 2. The summed E-state index contributed by atoms with van der Waals surface area (Å²) < 4.78 is 6.47. The van der Waals surface area contributed by atoms with E-state index in [4.69, 9.17) is 10.5 Å². The molecule has 4 unspecified atom stereocenters. The monoisotopic (exact) mass is 289 g/mol. The topological polar surface area (TPSA) is 35.2 Å². The lowest BCUT2D eigenvalue weighted by molar-refractivity contribution is -0.0738. The summed E-state index contributed by atoms with van der Waals surface area (Å²) in [6.07, 6.45) is 3.89. The Morgan fingerprint density at radius 1 is 1.29 bits per heavy atom. The van der Waals surface area contributed by atoms with E-state index in [1.165, 1.54) is 17.5 Å². The summed E-state index contributed by atoms with van der Waals surface area (Å²) in [5.41, 5.74) is 9.06. The van der Waals surface area contributed by atoms with Crippen LogP contribution < -0.4 is 5.73 Å². The van der Waals surface area contributed by atoms with Crippen LogP contribution in [-0.4, -0.2) is 12.1 Å². The zero-order valence-corrected chi connectivity index (χ0v) is 14.2. The van der Waals surface area contributed by atoms with E-state index >= 15 is 0 Å². The van der Waals surface area contributed by atoms with Gasteiger partial charge in [-0.15, -0.1) is 0 Å². The van der Waals surface area contributed by atoms with Crippen molar-refractivity contribution in [2.24, 2.45) is 17.1 Å². The van der Waals surface area contributed by atoms with Gasteiger partial charge in [-0.05, 0) is 50.0 Å². The molecule has 2 N–H and O–H groups in total. The van der Waals surface area contributed by atoms with Gasteiger partial charge in [-0.3, -0.25) is 0 Å². The van der Waals surface area contributed by atoms with E-state index < -0.39 is 0 Å². The Labute approximate surface area is 130 Å². The van der Waals surface area contributed by atoms with E-state index in [1.54, 1.807) is 0 Å². The second-order valence-corrected chi connectivity index (χ2v) is 7.87. The SMILES string of the molecule is Cc1cccc(C(OC2CC(C)CC(C)(C)C2)C(C)N)c1. The first-order valence-electron chi connectivity index (χ1n) is 8.24. The number of hydrogen-bond donors (Lipinski definition) is 1. The maximum Gasteiger partial charge on any atom is 0.0976 e. The molecular weight excluding hydrogens is 258 g/mol. The van der Waals surface area contributed by atoms with Gasteiger partial charge in [-0.2, -0.15) is 0 Å². The van der Waals surface area contributed by atoms with Gasteiger partial charge in [-0.1, -0.05) is 50.6 Å². The molecule has 2 heteroatoms. The van der Waals surface area contributed by atoms with Crippen LogP contribution in [0.2, 0.25) is 0 Å². The van der Waals surface area contributed by atoms with Gasteiger partial charge in [-0.25, -0.2) is 0 Å².